The van der Waals surface area contributed by atoms with E-state index in [0.717, 1.165) is 18.6 Å². The molecule has 0 aliphatic heterocycles. The van der Waals surface area contributed by atoms with Crippen LogP contribution in [0.4, 0.5) is 10.6 Å². The molecular weight excluding hydrogens is 434 g/mol. The maximum atomic E-state index is 13.3. The number of carboxylic acid groups (broad SMARTS) is 1. The van der Waals surface area contributed by atoms with E-state index >= 15 is 0 Å². The number of ketones is 1. The zero-order chi connectivity index (χ0) is 23.5. The normalized spacial score (nSPS) is 17.4. The van der Waals surface area contributed by atoms with Crippen LogP contribution in [0.1, 0.15) is 35.2 Å². The number of para-hydroxylation sites is 1. The number of carbonyl (C=O) groups is 2. The molecule has 1 amide bonds. The van der Waals surface area contributed by atoms with Crippen LogP contribution < -0.4 is 15.4 Å². The fourth-order valence-corrected chi connectivity index (χ4v) is 4.32. The fourth-order valence-electron chi connectivity index (χ4n) is 4.32. The van der Waals surface area contributed by atoms with Crippen molar-refractivity contribution in [2.45, 2.75) is 31.3 Å². The van der Waals surface area contributed by atoms with E-state index < -0.39 is 6.09 Å². The number of rotatable bonds is 7. The number of nitrogens with one attached hydrogen (secondary N) is 3. The molecule has 0 spiro atoms. The predicted molar refractivity (Wildman–Crippen MR) is 126 cm³/mol. The summed E-state index contributed by atoms with van der Waals surface area (Å²) in [5.41, 5.74) is 1.54. The minimum atomic E-state index is -1.02. The molecule has 0 radical (unpaired) electrons. The highest BCUT2D eigenvalue weighted by atomic mass is 16.5. The van der Waals surface area contributed by atoms with Crippen LogP contribution >= 0.6 is 0 Å². The monoisotopic (exact) mass is 457 g/mol. The van der Waals surface area contributed by atoms with E-state index in [9.17, 15) is 9.59 Å². The summed E-state index contributed by atoms with van der Waals surface area (Å²) in [6, 6.07) is 16.4. The first-order chi connectivity index (χ1) is 16.6. The van der Waals surface area contributed by atoms with Gasteiger partial charge in [0.15, 0.2) is 5.78 Å². The van der Waals surface area contributed by atoms with Crippen molar-refractivity contribution in [1.29, 1.82) is 0 Å². The summed E-state index contributed by atoms with van der Waals surface area (Å²) in [5, 5.41) is 15.5. The zero-order valence-corrected chi connectivity index (χ0v) is 18.2. The fraction of sp³-hybridized carbons (Fsp3) is 0.200. The molecule has 9 nitrogen and oxygen atoms in total. The number of H-pyrrole nitrogens is 1. The van der Waals surface area contributed by atoms with Crippen LogP contribution in [0.2, 0.25) is 0 Å². The van der Waals surface area contributed by atoms with Crippen LogP contribution in [0.5, 0.6) is 11.5 Å². The topological polar surface area (TPSA) is 129 Å². The Labute approximate surface area is 195 Å². The third-order valence-electron chi connectivity index (χ3n) is 5.91. The molecule has 2 aromatic carbocycles. The number of hydrogen-bond donors (Lipinski definition) is 4. The van der Waals surface area contributed by atoms with E-state index in [2.05, 4.69) is 25.6 Å². The Bertz CT molecular complexity index is 1320. The maximum Gasteiger partial charge on any atom is 0.404 e. The molecule has 0 bridgehead atoms. The van der Waals surface area contributed by atoms with E-state index in [1.807, 2.05) is 30.3 Å². The van der Waals surface area contributed by atoms with Gasteiger partial charge < -0.3 is 25.5 Å². The first-order valence-corrected chi connectivity index (χ1v) is 11.0. The van der Waals surface area contributed by atoms with Crippen LogP contribution in [-0.2, 0) is 0 Å². The molecule has 9 heteroatoms. The molecule has 34 heavy (non-hydrogen) atoms. The highest BCUT2D eigenvalue weighted by molar-refractivity contribution is 6.18. The smallest absolute Gasteiger partial charge is 0.404 e. The van der Waals surface area contributed by atoms with Gasteiger partial charge in [-0.1, -0.05) is 18.2 Å². The average molecular weight is 457 g/mol. The van der Waals surface area contributed by atoms with Gasteiger partial charge in [-0.3, -0.25) is 4.79 Å². The zero-order valence-electron chi connectivity index (χ0n) is 18.2. The Morgan fingerprint density at radius 1 is 0.971 bits per heavy atom. The van der Waals surface area contributed by atoms with E-state index in [1.165, 1.54) is 6.33 Å². The Morgan fingerprint density at radius 2 is 1.71 bits per heavy atom. The van der Waals surface area contributed by atoms with Crippen molar-refractivity contribution in [3.63, 3.8) is 0 Å². The summed E-state index contributed by atoms with van der Waals surface area (Å²) in [6.45, 7) is 0. The van der Waals surface area contributed by atoms with Crippen molar-refractivity contribution in [1.82, 2.24) is 20.3 Å². The third kappa shape index (κ3) is 4.54. The van der Waals surface area contributed by atoms with Crippen LogP contribution in [0, 0.1) is 0 Å². The first kappa shape index (κ1) is 21.4. The van der Waals surface area contributed by atoms with E-state index in [-0.39, 0.29) is 17.9 Å². The van der Waals surface area contributed by atoms with Crippen LogP contribution in [0.15, 0.2) is 67.1 Å². The van der Waals surface area contributed by atoms with Gasteiger partial charge >= 0.3 is 6.09 Å². The quantitative estimate of drug-likeness (QED) is 0.299. The molecule has 0 saturated heterocycles. The summed E-state index contributed by atoms with van der Waals surface area (Å²) in [4.78, 5) is 36.0. The lowest BCUT2D eigenvalue weighted by molar-refractivity contribution is 0.104. The second kappa shape index (κ2) is 9.22. The standard InChI is InChI=1S/C25H23N5O4/c31-22(15-6-10-19(11-7-15)34-18-4-2-1-3-5-18)20-13-26-23-21(20)24(28-14-27-23)29-16-8-9-17(12-16)30-25(32)33/h1-7,10-11,13-14,16-17,30H,8-9,12H2,(H,32,33)(H2,26,27,28,29)/t16-,17-/m0/s1. The highest BCUT2D eigenvalue weighted by Crippen LogP contribution is 2.30. The number of fused-ring (bicyclic) bond motifs is 1. The second-order valence-corrected chi connectivity index (χ2v) is 8.22. The molecule has 2 aromatic heterocycles. The van der Waals surface area contributed by atoms with Gasteiger partial charge in [0.1, 0.15) is 29.3 Å². The summed E-state index contributed by atoms with van der Waals surface area (Å²) >= 11 is 0. The molecule has 172 valence electrons. The Morgan fingerprint density at radius 3 is 2.47 bits per heavy atom. The Kier molecular flexibility index (Phi) is 5.82. The van der Waals surface area contributed by atoms with Gasteiger partial charge in [0.05, 0.1) is 10.9 Å². The SMILES string of the molecule is O=C(O)N[C@H]1CC[C@H](Nc2ncnc3[nH]cc(C(=O)c4ccc(Oc5ccccc5)cc4)c23)C1. The summed E-state index contributed by atoms with van der Waals surface area (Å²) in [6.07, 6.45) is 4.25. The van der Waals surface area contributed by atoms with Crippen molar-refractivity contribution in [2.24, 2.45) is 0 Å². The number of aromatic amines is 1. The van der Waals surface area contributed by atoms with Gasteiger partial charge in [0, 0.05) is 23.8 Å². The molecule has 1 saturated carbocycles. The average Bonchev–Trinajstić information content (AvgIpc) is 3.47. The van der Waals surface area contributed by atoms with E-state index in [4.69, 9.17) is 9.84 Å². The highest BCUT2D eigenvalue weighted by Gasteiger charge is 2.27. The van der Waals surface area contributed by atoms with Gasteiger partial charge in [0.25, 0.3) is 0 Å². The van der Waals surface area contributed by atoms with Crippen molar-refractivity contribution in [3.8, 4) is 11.5 Å². The number of ether oxygens (including phenoxy) is 1. The van der Waals surface area contributed by atoms with Gasteiger partial charge in [-0.25, -0.2) is 14.8 Å². The lowest BCUT2D eigenvalue weighted by atomic mass is 10.0. The number of benzene rings is 2. The van der Waals surface area contributed by atoms with E-state index in [0.29, 0.717) is 40.1 Å². The van der Waals surface area contributed by atoms with Gasteiger partial charge in [-0.2, -0.15) is 0 Å². The summed E-state index contributed by atoms with van der Waals surface area (Å²) < 4.78 is 5.81. The number of amides is 1. The molecular formula is C25H23N5O4. The predicted octanol–water partition coefficient (Wildman–Crippen LogP) is 4.58. The summed E-state index contributed by atoms with van der Waals surface area (Å²) in [7, 11) is 0. The number of anilines is 1. The first-order valence-electron chi connectivity index (χ1n) is 11.0. The molecule has 1 aliphatic carbocycles. The van der Waals surface area contributed by atoms with Gasteiger partial charge in [-0.05, 0) is 55.7 Å². The Hall–Kier alpha value is -4.40. The van der Waals surface area contributed by atoms with Crippen molar-refractivity contribution >= 4 is 28.7 Å². The molecule has 4 N–H and O–H groups in total. The molecule has 1 aliphatic rings. The van der Waals surface area contributed by atoms with Crippen molar-refractivity contribution in [3.05, 3.63) is 78.2 Å². The number of aromatic nitrogens is 3. The lowest BCUT2D eigenvalue weighted by Gasteiger charge is -2.15. The molecule has 5 rings (SSSR count). The molecule has 2 atom stereocenters. The maximum absolute atomic E-state index is 13.3. The lowest BCUT2D eigenvalue weighted by Crippen LogP contribution is -2.32. The van der Waals surface area contributed by atoms with Crippen LogP contribution in [0.3, 0.4) is 0 Å². The van der Waals surface area contributed by atoms with Gasteiger partial charge in [-0.15, -0.1) is 0 Å². The molecule has 1 fully saturated rings. The number of nitrogens with zero attached hydrogens (tertiary/aromatic N) is 2. The largest absolute Gasteiger partial charge is 0.465 e. The number of hydrogen-bond acceptors (Lipinski definition) is 6. The minimum Gasteiger partial charge on any atom is -0.465 e. The molecule has 2 heterocycles. The van der Waals surface area contributed by atoms with Crippen molar-refractivity contribution < 1.29 is 19.4 Å². The third-order valence-corrected chi connectivity index (χ3v) is 5.91. The minimum absolute atomic E-state index is 0.0437. The summed E-state index contributed by atoms with van der Waals surface area (Å²) in [5.74, 6) is 1.75. The molecule has 0 unspecified atom stereocenters. The Balaban J connectivity index is 1.35. The second-order valence-electron chi connectivity index (χ2n) is 8.22. The number of carbonyl (C=O) groups excluding carboxylic acids is 1. The van der Waals surface area contributed by atoms with E-state index in [1.54, 1.807) is 30.5 Å². The molecule has 4 aromatic rings. The van der Waals surface area contributed by atoms with Crippen LogP contribution in [0.25, 0.3) is 11.0 Å². The van der Waals surface area contributed by atoms with Gasteiger partial charge in [0.2, 0.25) is 0 Å². The van der Waals surface area contributed by atoms with Crippen LogP contribution in [-0.4, -0.2) is 44.0 Å². The van der Waals surface area contributed by atoms with Crippen molar-refractivity contribution in [2.75, 3.05) is 5.32 Å².